The van der Waals surface area contributed by atoms with Gasteiger partial charge in [0.1, 0.15) is 0 Å². The third-order valence-corrected chi connectivity index (χ3v) is 3.92. The normalized spacial score (nSPS) is 18.8. The number of carbonyl (C=O) groups excluding carboxylic acids is 1. The van der Waals surface area contributed by atoms with Crippen LogP contribution < -0.4 is 10.6 Å². The Bertz CT molecular complexity index is 266. The lowest BCUT2D eigenvalue weighted by molar-refractivity contribution is 0.189. The van der Waals surface area contributed by atoms with Crippen molar-refractivity contribution in [1.29, 1.82) is 0 Å². The van der Waals surface area contributed by atoms with Crippen LogP contribution in [0.25, 0.3) is 0 Å². The number of unbranched alkanes of at least 4 members (excludes halogenated alkanes) is 1. The molecular formula is C15H31N3O2. The van der Waals surface area contributed by atoms with Crippen molar-refractivity contribution in [3.05, 3.63) is 0 Å². The van der Waals surface area contributed by atoms with Gasteiger partial charge in [-0.2, -0.15) is 0 Å². The molecule has 5 heteroatoms. The summed E-state index contributed by atoms with van der Waals surface area (Å²) in [7, 11) is 0. The Kier molecular flexibility index (Phi) is 8.62. The van der Waals surface area contributed by atoms with Gasteiger partial charge < -0.3 is 20.6 Å². The van der Waals surface area contributed by atoms with Crippen LogP contribution in [0.5, 0.6) is 0 Å². The standard InChI is InChI=1S/C15H31N3O2/c1-3-4-9-18-10-7-14(8-11-18)17-15(20)16-13(2)6-5-12-19/h13-14,19H,3-12H2,1-2H3,(H2,16,17,20). The predicted octanol–water partition coefficient (Wildman–Crippen LogP) is 1.71. The quantitative estimate of drug-likeness (QED) is 0.636. The van der Waals surface area contributed by atoms with Crippen molar-refractivity contribution in [2.75, 3.05) is 26.2 Å². The van der Waals surface area contributed by atoms with E-state index < -0.39 is 0 Å². The Morgan fingerprint density at radius 1 is 1.35 bits per heavy atom. The number of hydrogen-bond acceptors (Lipinski definition) is 3. The molecule has 118 valence electrons. The van der Waals surface area contributed by atoms with Crippen molar-refractivity contribution in [2.45, 2.75) is 64.5 Å². The van der Waals surface area contributed by atoms with Gasteiger partial charge in [0.2, 0.25) is 0 Å². The van der Waals surface area contributed by atoms with Crippen LogP contribution in [-0.2, 0) is 0 Å². The summed E-state index contributed by atoms with van der Waals surface area (Å²) in [6.45, 7) is 7.74. The molecule has 1 fully saturated rings. The van der Waals surface area contributed by atoms with E-state index in [-0.39, 0.29) is 18.7 Å². The Hall–Kier alpha value is -0.810. The summed E-state index contributed by atoms with van der Waals surface area (Å²) >= 11 is 0. The molecule has 1 atom stereocenters. The highest BCUT2D eigenvalue weighted by Gasteiger charge is 2.20. The fourth-order valence-electron chi connectivity index (χ4n) is 2.60. The summed E-state index contributed by atoms with van der Waals surface area (Å²) in [4.78, 5) is 14.3. The van der Waals surface area contributed by atoms with E-state index in [1.807, 2.05) is 6.92 Å². The number of aliphatic hydroxyl groups is 1. The van der Waals surface area contributed by atoms with Gasteiger partial charge in [-0.1, -0.05) is 13.3 Å². The fraction of sp³-hybridized carbons (Fsp3) is 0.933. The van der Waals surface area contributed by atoms with Gasteiger partial charge in [0.25, 0.3) is 0 Å². The van der Waals surface area contributed by atoms with Crippen molar-refractivity contribution in [3.8, 4) is 0 Å². The van der Waals surface area contributed by atoms with Gasteiger partial charge in [-0.25, -0.2) is 4.79 Å². The highest BCUT2D eigenvalue weighted by atomic mass is 16.3. The van der Waals surface area contributed by atoms with Gasteiger partial charge >= 0.3 is 6.03 Å². The monoisotopic (exact) mass is 285 g/mol. The van der Waals surface area contributed by atoms with Crippen LogP contribution in [0.2, 0.25) is 0 Å². The molecule has 3 N–H and O–H groups in total. The number of urea groups is 1. The van der Waals surface area contributed by atoms with Gasteiger partial charge in [-0.05, 0) is 45.6 Å². The fourth-order valence-corrected chi connectivity index (χ4v) is 2.60. The van der Waals surface area contributed by atoms with Gasteiger partial charge in [0, 0.05) is 31.8 Å². The van der Waals surface area contributed by atoms with E-state index in [2.05, 4.69) is 22.5 Å². The topological polar surface area (TPSA) is 64.6 Å². The molecule has 1 heterocycles. The SMILES string of the molecule is CCCCN1CCC(NC(=O)NC(C)CCCO)CC1. The summed E-state index contributed by atoms with van der Waals surface area (Å²) in [5, 5.41) is 14.8. The molecule has 0 spiro atoms. The maximum atomic E-state index is 11.8. The summed E-state index contributed by atoms with van der Waals surface area (Å²) in [6.07, 6.45) is 6.15. The van der Waals surface area contributed by atoms with E-state index in [9.17, 15) is 4.79 Å². The van der Waals surface area contributed by atoms with Crippen LogP contribution in [0.1, 0.15) is 52.4 Å². The largest absolute Gasteiger partial charge is 0.396 e. The molecular weight excluding hydrogens is 254 g/mol. The first kappa shape index (κ1) is 17.2. The lowest BCUT2D eigenvalue weighted by Crippen LogP contribution is -2.49. The van der Waals surface area contributed by atoms with Crippen LogP contribution in [0, 0.1) is 0 Å². The molecule has 1 aliphatic heterocycles. The second kappa shape index (κ2) is 10.00. The molecule has 1 aliphatic rings. The maximum absolute atomic E-state index is 11.8. The number of nitrogens with zero attached hydrogens (tertiary/aromatic N) is 1. The van der Waals surface area contributed by atoms with Crippen LogP contribution in [0.15, 0.2) is 0 Å². The van der Waals surface area contributed by atoms with E-state index in [4.69, 9.17) is 5.11 Å². The first-order valence-electron chi connectivity index (χ1n) is 8.06. The number of hydrogen-bond donors (Lipinski definition) is 3. The molecule has 0 bridgehead atoms. The number of piperidine rings is 1. The zero-order chi connectivity index (χ0) is 14.8. The van der Waals surface area contributed by atoms with E-state index in [1.165, 1.54) is 19.4 Å². The van der Waals surface area contributed by atoms with Gasteiger partial charge in [0.15, 0.2) is 0 Å². The summed E-state index contributed by atoms with van der Waals surface area (Å²) in [5.41, 5.74) is 0. The molecule has 0 aromatic carbocycles. The van der Waals surface area contributed by atoms with Crippen LogP contribution in [-0.4, -0.2) is 54.4 Å². The van der Waals surface area contributed by atoms with E-state index in [0.29, 0.717) is 6.04 Å². The number of rotatable bonds is 8. The van der Waals surface area contributed by atoms with E-state index >= 15 is 0 Å². The molecule has 1 unspecified atom stereocenters. The van der Waals surface area contributed by atoms with Crippen molar-refractivity contribution < 1.29 is 9.90 Å². The smallest absolute Gasteiger partial charge is 0.315 e. The van der Waals surface area contributed by atoms with Crippen molar-refractivity contribution >= 4 is 6.03 Å². The minimum absolute atomic E-state index is 0.0672. The second-order valence-corrected chi connectivity index (χ2v) is 5.85. The molecule has 0 aromatic heterocycles. The third kappa shape index (κ3) is 7.10. The third-order valence-electron chi connectivity index (χ3n) is 3.92. The van der Waals surface area contributed by atoms with Crippen LogP contribution in [0.3, 0.4) is 0 Å². The highest BCUT2D eigenvalue weighted by Crippen LogP contribution is 2.11. The Morgan fingerprint density at radius 3 is 2.65 bits per heavy atom. The highest BCUT2D eigenvalue weighted by molar-refractivity contribution is 5.74. The van der Waals surface area contributed by atoms with Crippen molar-refractivity contribution in [2.24, 2.45) is 0 Å². The summed E-state index contributed by atoms with van der Waals surface area (Å²) < 4.78 is 0. The zero-order valence-electron chi connectivity index (χ0n) is 13.0. The molecule has 0 radical (unpaired) electrons. The second-order valence-electron chi connectivity index (χ2n) is 5.85. The lowest BCUT2D eigenvalue weighted by atomic mass is 10.0. The maximum Gasteiger partial charge on any atom is 0.315 e. The van der Waals surface area contributed by atoms with E-state index in [0.717, 1.165) is 38.8 Å². The van der Waals surface area contributed by atoms with Crippen LogP contribution in [0.4, 0.5) is 4.79 Å². The molecule has 0 aliphatic carbocycles. The average molecular weight is 285 g/mol. The number of carbonyl (C=O) groups is 1. The first-order chi connectivity index (χ1) is 9.65. The Labute approximate surface area is 123 Å². The first-order valence-corrected chi connectivity index (χ1v) is 8.06. The molecule has 1 saturated heterocycles. The van der Waals surface area contributed by atoms with Crippen molar-refractivity contribution in [3.63, 3.8) is 0 Å². The minimum atomic E-state index is -0.0672. The molecule has 20 heavy (non-hydrogen) atoms. The number of nitrogens with one attached hydrogen (secondary N) is 2. The van der Waals surface area contributed by atoms with Crippen molar-refractivity contribution in [1.82, 2.24) is 15.5 Å². The van der Waals surface area contributed by atoms with Crippen LogP contribution >= 0.6 is 0 Å². The Morgan fingerprint density at radius 2 is 2.05 bits per heavy atom. The average Bonchev–Trinajstić information content (AvgIpc) is 2.44. The number of aliphatic hydroxyl groups excluding tert-OH is 1. The summed E-state index contributed by atoms with van der Waals surface area (Å²) in [5.74, 6) is 0. The van der Waals surface area contributed by atoms with Gasteiger partial charge in [0.05, 0.1) is 0 Å². The molecule has 0 aromatic rings. The van der Waals surface area contributed by atoms with Gasteiger partial charge in [-0.3, -0.25) is 0 Å². The summed E-state index contributed by atoms with van der Waals surface area (Å²) in [6, 6.07) is 0.354. The minimum Gasteiger partial charge on any atom is -0.396 e. The van der Waals surface area contributed by atoms with Gasteiger partial charge in [-0.15, -0.1) is 0 Å². The molecule has 0 saturated carbocycles. The molecule has 1 rings (SSSR count). The number of amides is 2. The molecule has 5 nitrogen and oxygen atoms in total. The van der Waals surface area contributed by atoms with E-state index in [1.54, 1.807) is 0 Å². The number of likely N-dealkylation sites (tertiary alicyclic amines) is 1. The lowest BCUT2D eigenvalue weighted by Gasteiger charge is -2.32. The Balaban J connectivity index is 2.14. The predicted molar refractivity (Wildman–Crippen MR) is 81.8 cm³/mol. The molecule has 2 amide bonds. The zero-order valence-corrected chi connectivity index (χ0v) is 13.0.